The zero-order valence-electron chi connectivity index (χ0n) is 16.4. The van der Waals surface area contributed by atoms with Crippen molar-refractivity contribution in [2.75, 3.05) is 25.0 Å². The van der Waals surface area contributed by atoms with Gasteiger partial charge in [-0.3, -0.25) is 4.79 Å². The van der Waals surface area contributed by atoms with E-state index in [1.807, 2.05) is 47.1 Å². The zero-order chi connectivity index (χ0) is 19.6. The number of nitrogens with zero attached hydrogens (tertiary/aromatic N) is 3. The average Bonchev–Trinajstić information content (AvgIpc) is 3.26. The maximum absolute atomic E-state index is 12.4. The predicted molar refractivity (Wildman–Crippen MR) is 113 cm³/mol. The lowest BCUT2D eigenvalue weighted by atomic mass is 10.1. The van der Waals surface area contributed by atoms with Gasteiger partial charge in [0.2, 0.25) is 0 Å². The average molecular weight is 390 g/mol. The number of anilines is 1. The second-order valence-electron chi connectivity index (χ2n) is 8.04. The summed E-state index contributed by atoms with van der Waals surface area (Å²) >= 11 is 0. The molecular weight excluding hydrogens is 364 g/mol. The van der Waals surface area contributed by atoms with Crippen LogP contribution in [0.1, 0.15) is 36.0 Å². The van der Waals surface area contributed by atoms with Crippen molar-refractivity contribution in [1.82, 2.24) is 25.2 Å². The summed E-state index contributed by atoms with van der Waals surface area (Å²) < 4.78 is 1.86. The van der Waals surface area contributed by atoms with E-state index in [0.29, 0.717) is 18.2 Å². The lowest BCUT2D eigenvalue weighted by Gasteiger charge is -2.11. The maximum atomic E-state index is 12.4. The van der Waals surface area contributed by atoms with Crippen molar-refractivity contribution < 1.29 is 4.79 Å². The number of amides is 1. The first-order chi connectivity index (χ1) is 14.3. The van der Waals surface area contributed by atoms with Crippen LogP contribution < -0.4 is 16.0 Å². The Balaban J connectivity index is 1.30. The van der Waals surface area contributed by atoms with Gasteiger partial charge in [-0.25, -0.2) is 9.50 Å². The van der Waals surface area contributed by atoms with Crippen molar-refractivity contribution in [1.29, 1.82) is 0 Å². The summed E-state index contributed by atoms with van der Waals surface area (Å²) in [5.74, 6) is 1.62. The van der Waals surface area contributed by atoms with E-state index in [1.165, 1.54) is 19.3 Å². The van der Waals surface area contributed by atoms with Gasteiger partial charge in [-0.15, -0.1) is 5.10 Å². The Morgan fingerprint density at radius 2 is 1.97 bits per heavy atom. The summed E-state index contributed by atoms with van der Waals surface area (Å²) in [5.41, 5.74) is 3.37. The summed E-state index contributed by atoms with van der Waals surface area (Å²) in [5, 5.41) is 14.5. The van der Waals surface area contributed by atoms with Crippen molar-refractivity contribution in [3.05, 3.63) is 48.2 Å². The third-order valence-corrected chi connectivity index (χ3v) is 5.75. The van der Waals surface area contributed by atoms with Crippen LogP contribution in [0, 0.1) is 5.92 Å². The third-order valence-electron chi connectivity index (χ3n) is 5.75. The Labute approximate surface area is 169 Å². The number of rotatable bonds is 7. The van der Waals surface area contributed by atoms with E-state index in [-0.39, 0.29) is 5.91 Å². The van der Waals surface area contributed by atoms with Gasteiger partial charge in [0.05, 0.1) is 11.9 Å². The minimum atomic E-state index is -0.0342. The zero-order valence-corrected chi connectivity index (χ0v) is 16.4. The van der Waals surface area contributed by atoms with Gasteiger partial charge in [-0.05, 0) is 62.4 Å². The Morgan fingerprint density at radius 3 is 2.72 bits per heavy atom. The number of hydrogen-bond acceptors (Lipinski definition) is 5. The highest BCUT2D eigenvalue weighted by atomic mass is 16.1. The molecule has 1 saturated carbocycles. The summed E-state index contributed by atoms with van der Waals surface area (Å²) in [6.07, 6.45) is 6.75. The molecule has 1 aromatic carbocycles. The fraction of sp³-hybridized carbons (Fsp3) is 0.409. The second kappa shape index (κ2) is 7.83. The molecule has 1 aliphatic heterocycles. The summed E-state index contributed by atoms with van der Waals surface area (Å²) in [4.78, 5) is 16.9. The van der Waals surface area contributed by atoms with Gasteiger partial charge in [0.25, 0.3) is 5.91 Å². The van der Waals surface area contributed by atoms with Gasteiger partial charge in [-0.1, -0.05) is 12.1 Å². The van der Waals surface area contributed by atoms with Gasteiger partial charge >= 0.3 is 0 Å². The topological polar surface area (TPSA) is 83.3 Å². The van der Waals surface area contributed by atoms with Crippen molar-refractivity contribution in [3.8, 4) is 11.3 Å². The van der Waals surface area contributed by atoms with Crippen LogP contribution in [0.5, 0.6) is 0 Å². The number of benzene rings is 1. The van der Waals surface area contributed by atoms with E-state index in [2.05, 4.69) is 20.9 Å². The molecule has 1 amide bonds. The molecule has 0 unspecified atom stereocenters. The van der Waals surface area contributed by atoms with Gasteiger partial charge in [-0.2, -0.15) is 0 Å². The Bertz CT molecular complexity index is 1000. The van der Waals surface area contributed by atoms with Crippen LogP contribution in [-0.4, -0.2) is 46.2 Å². The van der Waals surface area contributed by atoms with E-state index < -0.39 is 0 Å². The van der Waals surface area contributed by atoms with Gasteiger partial charge in [0.15, 0.2) is 5.65 Å². The molecule has 1 aliphatic carbocycles. The third kappa shape index (κ3) is 4.10. The molecule has 29 heavy (non-hydrogen) atoms. The van der Waals surface area contributed by atoms with Crippen LogP contribution in [0.25, 0.3) is 16.9 Å². The van der Waals surface area contributed by atoms with E-state index in [4.69, 9.17) is 5.10 Å². The molecular formula is C22H26N6O. The molecule has 0 bridgehead atoms. The first-order valence-corrected chi connectivity index (χ1v) is 10.5. The van der Waals surface area contributed by atoms with E-state index in [0.717, 1.165) is 48.2 Å². The van der Waals surface area contributed by atoms with Crippen LogP contribution in [0.2, 0.25) is 0 Å². The summed E-state index contributed by atoms with van der Waals surface area (Å²) in [7, 11) is 0. The van der Waals surface area contributed by atoms with E-state index in [1.54, 1.807) is 0 Å². The number of carbonyl (C=O) groups is 1. The highest BCUT2D eigenvalue weighted by Gasteiger charge is 2.21. The molecule has 0 spiro atoms. The highest BCUT2D eigenvalue weighted by Crippen LogP contribution is 2.29. The number of carbonyl (C=O) groups excluding carboxylic acids is 1. The van der Waals surface area contributed by atoms with Crippen molar-refractivity contribution >= 4 is 17.4 Å². The van der Waals surface area contributed by atoms with E-state index in [9.17, 15) is 4.79 Å². The van der Waals surface area contributed by atoms with Crippen LogP contribution in [0.15, 0.2) is 42.6 Å². The first-order valence-electron chi connectivity index (χ1n) is 10.5. The molecule has 2 fully saturated rings. The summed E-state index contributed by atoms with van der Waals surface area (Å²) in [6.45, 7) is 2.69. The smallest absolute Gasteiger partial charge is 0.251 e. The lowest BCUT2D eigenvalue weighted by molar-refractivity contribution is 0.0950. The number of fused-ring (bicyclic) bond motifs is 1. The monoisotopic (exact) mass is 390 g/mol. The van der Waals surface area contributed by atoms with Gasteiger partial charge in [0, 0.05) is 30.3 Å². The normalized spacial score (nSPS) is 18.8. The van der Waals surface area contributed by atoms with E-state index >= 15 is 0 Å². The molecule has 1 saturated heterocycles. The standard InChI is InChI=1S/C22H26N6O/c29-22(26-13-18-2-1-11-23-18)17-7-5-16(6-8-17)19-14-25-21-10-9-20(27-28(19)21)24-12-15-3-4-15/h5-10,14-15,18,23H,1-4,11-13H2,(H,24,27)(H,26,29)/t18-/m1/s1. The fourth-order valence-electron chi connectivity index (χ4n) is 3.78. The first kappa shape index (κ1) is 18.1. The lowest BCUT2D eigenvalue weighted by Crippen LogP contribution is -2.37. The minimum Gasteiger partial charge on any atom is -0.368 e. The molecule has 1 atom stereocenters. The predicted octanol–water partition coefficient (Wildman–Crippen LogP) is 2.70. The number of nitrogens with one attached hydrogen (secondary N) is 3. The quantitative estimate of drug-likeness (QED) is 0.578. The molecule has 2 aliphatic rings. The van der Waals surface area contributed by atoms with Crippen molar-refractivity contribution in [3.63, 3.8) is 0 Å². The van der Waals surface area contributed by atoms with Crippen LogP contribution >= 0.6 is 0 Å². The summed E-state index contributed by atoms with van der Waals surface area (Å²) in [6, 6.07) is 12.0. The Morgan fingerprint density at radius 1 is 1.10 bits per heavy atom. The molecule has 3 N–H and O–H groups in total. The molecule has 150 valence electrons. The van der Waals surface area contributed by atoms with Crippen LogP contribution in [0.3, 0.4) is 0 Å². The number of imidazole rings is 1. The van der Waals surface area contributed by atoms with Crippen molar-refractivity contribution in [2.24, 2.45) is 5.92 Å². The van der Waals surface area contributed by atoms with Gasteiger partial charge < -0.3 is 16.0 Å². The van der Waals surface area contributed by atoms with Crippen LogP contribution in [0.4, 0.5) is 5.82 Å². The number of aromatic nitrogens is 3. The second-order valence-corrected chi connectivity index (χ2v) is 8.04. The minimum absolute atomic E-state index is 0.0342. The molecule has 7 nitrogen and oxygen atoms in total. The largest absolute Gasteiger partial charge is 0.368 e. The molecule has 0 radical (unpaired) electrons. The van der Waals surface area contributed by atoms with Gasteiger partial charge in [0.1, 0.15) is 5.82 Å². The highest BCUT2D eigenvalue weighted by molar-refractivity contribution is 5.94. The Kier molecular flexibility index (Phi) is 4.89. The fourth-order valence-corrected chi connectivity index (χ4v) is 3.78. The molecule has 3 aromatic rings. The number of hydrogen-bond donors (Lipinski definition) is 3. The molecule has 7 heteroatoms. The molecule has 5 rings (SSSR count). The SMILES string of the molecule is O=C(NC[C@H]1CCCN1)c1ccc(-c2cnc3ccc(NCC4CC4)nn23)cc1. The molecule has 2 aromatic heterocycles. The molecule has 3 heterocycles. The van der Waals surface area contributed by atoms with Crippen LogP contribution in [-0.2, 0) is 0 Å². The maximum Gasteiger partial charge on any atom is 0.251 e. The van der Waals surface area contributed by atoms with Crippen molar-refractivity contribution in [2.45, 2.75) is 31.7 Å². The Hall–Kier alpha value is -2.93.